The monoisotopic (exact) mass is 272 g/mol. The second-order valence-electron chi connectivity index (χ2n) is 5.00. The molecule has 0 aromatic carbocycles. The summed E-state index contributed by atoms with van der Waals surface area (Å²) in [5, 5.41) is 8.47. The number of carbonyl (C=O) groups is 2. The predicted molar refractivity (Wildman–Crippen MR) is 75.3 cm³/mol. The third-order valence-electron chi connectivity index (χ3n) is 3.15. The molecule has 0 fully saturated rings. The van der Waals surface area contributed by atoms with Crippen LogP contribution in [0.4, 0.5) is 0 Å². The molecule has 0 aliphatic rings. The Morgan fingerprint density at radius 2 is 1.26 bits per heavy atom. The number of hydrogen-bond donors (Lipinski definition) is 1. The maximum atomic E-state index is 11.5. The van der Waals surface area contributed by atoms with Crippen LogP contribution in [0.2, 0.25) is 0 Å². The lowest BCUT2D eigenvalue weighted by Gasteiger charge is -2.02. The van der Waals surface area contributed by atoms with E-state index in [2.05, 4.69) is 0 Å². The fraction of sp³-hybridized carbons (Fsp3) is 0.867. The van der Waals surface area contributed by atoms with Gasteiger partial charge in [-0.1, -0.05) is 25.7 Å². The Kier molecular flexibility index (Phi) is 12.9. The van der Waals surface area contributed by atoms with Gasteiger partial charge in [0.15, 0.2) is 0 Å². The number of methoxy groups -OCH3 is 1. The van der Waals surface area contributed by atoms with Crippen molar-refractivity contribution in [2.24, 2.45) is 0 Å². The van der Waals surface area contributed by atoms with Crippen LogP contribution < -0.4 is 0 Å². The molecule has 0 aromatic heterocycles. The number of hydrogen-bond acceptors (Lipinski definition) is 3. The summed E-state index contributed by atoms with van der Waals surface area (Å²) in [7, 11) is 1.68. The number of ketones is 1. The molecule has 19 heavy (non-hydrogen) atoms. The maximum absolute atomic E-state index is 11.5. The maximum Gasteiger partial charge on any atom is 0.303 e. The van der Waals surface area contributed by atoms with Crippen LogP contribution >= 0.6 is 0 Å². The molecule has 0 spiro atoms. The number of Topliss-reactive ketones (excluding diaryl/α,β-unsaturated/α-hetero) is 1. The molecule has 0 aliphatic carbocycles. The fourth-order valence-electron chi connectivity index (χ4n) is 2.00. The molecule has 0 saturated heterocycles. The molecule has 0 atom stereocenters. The standard InChI is InChI=1S/C15H28O4/c1-19-13-9-8-11-14(16)10-6-4-2-3-5-7-12-15(17)18/h2-13H2,1H3,(H,17,18). The number of aliphatic carboxylic acids is 1. The van der Waals surface area contributed by atoms with Crippen LogP contribution in [0, 0.1) is 0 Å². The number of rotatable bonds is 14. The van der Waals surface area contributed by atoms with Gasteiger partial charge < -0.3 is 9.84 Å². The molecule has 0 heterocycles. The number of ether oxygens (including phenoxy) is 1. The van der Waals surface area contributed by atoms with Crippen molar-refractivity contribution in [3.8, 4) is 0 Å². The second-order valence-corrected chi connectivity index (χ2v) is 5.00. The molecule has 4 nitrogen and oxygen atoms in total. The Labute approximate surface area is 116 Å². The van der Waals surface area contributed by atoms with Gasteiger partial charge >= 0.3 is 5.97 Å². The molecule has 1 N–H and O–H groups in total. The van der Waals surface area contributed by atoms with E-state index in [-0.39, 0.29) is 6.42 Å². The Bertz CT molecular complexity index is 238. The lowest BCUT2D eigenvalue weighted by Crippen LogP contribution is -1.99. The Hall–Kier alpha value is -0.900. The van der Waals surface area contributed by atoms with Gasteiger partial charge in [-0.2, -0.15) is 0 Å². The van der Waals surface area contributed by atoms with Crippen LogP contribution in [0.3, 0.4) is 0 Å². The van der Waals surface area contributed by atoms with E-state index in [1.165, 1.54) is 0 Å². The zero-order valence-corrected chi connectivity index (χ0v) is 12.2. The van der Waals surface area contributed by atoms with Gasteiger partial charge in [0.2, 0.25) is 0 Å². The van der Waals surface area contributed by atoms with Gasteiger partial charge in [-0.3, -0.25) is 9.59 Å². The van der Waals surface area contributed by atoms with Crippen molar-refractivity contribution in [2.45, 2.75) is 70.6 Å². The average Bonchev–Trinajstić information content (AvgIpc) is 2.37. The second kappa shape index (κ2) is 13.5. The summed E-state index contributed by atoms with van der Waals surface area (Å²) in [5.74, 6) is -0.346. The zero-order chi connectivity index (χ0) is 14.3. The minimum Gasteiger partial charge on any atom is -0.481 e. The molecule has 0 aliphatic heterocycles. The highest BCUT2D eigenvalue weighted by Gasteiger charge is 2.02. The van der Waals surface area contributed by atoms with Gasteiger partial charge in [0.25, 0.3) is 0 Å². The largest absolute Gasteiger partial charge is 0.481 e. The van der Waals surface area contributed by atoms with Gasteiger partial charge in [0, 0.05) is 33.0 Å². The fourth-order valence-corrected chi connectivity index (χ4v) is 2.00. The molecule has 0 unspecified atom stereocenters. The SMILES string of the molecule is COCCCCC(=O)CCCCCCCCC(=O)O. The Morgan fingerprint density at radius 3 is 1.79 bits per heavy atom. The molecule has 0 radical (unpaired) electrons. The van der Waals surface area contributed by atoms with Crippen LogP contribution in [0.5, 0.6) is 0 Å². The number of carbonyl (C=O) groups excluding carboxylic acids is 1. The molecule has 0 saturated carbocycles. The first-order chi connectivity index (χ1) is 9.16. The van der Waals surface area contributed by atoms with E-state index < -0.39 is 5.97 Å². The Balaban J connectivity index is 3.16. The molecule has 0 amide bonds. The van der Waals surface area contributed by atoms with Gasteiger partial charge in [0.05, 0.1) is 0 Å². The topological polar surface area (TPSA) is 63.6 Å². The molecule has 0 bridgehead atoms. The predicted octanol–water partition coefficient (Wildman–Crippen LogP) is 3.58. The van der Waals surface area contributed by atoms with Gasteiger partial charge in [-0.15, -0.1) is 0 Å². The van der Waals surface area contributed by atoms with Crippen LogP contribution in [0.1, 0.15) is 70.6 Å². The van der Waals surface area contributed by atoms with E-state index in [0.717, 1.165) is 58.0 Å². The number of carboxylic acids is 1. The molecular weight excluding hydrogens is 244 g/mol. The van der Waals surface area contributed by atoms with Gasteiger partial charge in [-0.05, 0) is 25.7 Å². The lowest BCUT2D eigenvalue weighted by atomic mass is 10.0. The summed E-state index contributed by atoms with van der Waals surface area (Å²) in [4.78, 5) is 21.8. The van der Waals surface area contributed by atoms with E-state index in [9.17, 15) is 9.59 Å². The van der Waals surface area contributed by atoms with Crippen molar-refractivity contribution in [3.63, 3.8) is 0 Å². The van der Waals surface area contributed by atoms with Crippen LogP contribution in [0.25, 0.3) is 0 Å². The van der Waals surface area contributed by atoms with E-state index in [1.807, 2.05) is 0 Å². The summed E-state index contributed by atoms with van der Waals surface area (Å²) in [5.41, 5.74) is 0. The first-order valence-corrected chi connectivity index (χ1v) is 7.39. The van der Waals surface area contributed by atoms with E-state index >= 15 is 0 Å². The number of carboxylic acid groups (broad SMARTS) is 1. The molecule has 112 valence electrons. The van der Waals surface area contributed by atoms with Crippen molar-refractivity contribution in [2.75, 3.05) is 13.7 Å². The van der Waals surface area contributed by atoms with E-state index in [0.29, 0.717) is 18.6 Å². The van der Waals surface area contributed by atoms with E-state index in [4.69, 9.17) is 9.84 Å². The highest BCUT2D eigenvalue weighted by Crippen LogP contribution is 2.10. The summed E-state index contributed by atoms with van der Waals surface area (Å²) in [6.45, 7) is 0.740. The molecular formula is C15H28O4. The zero-order valence-electron chi connectivity index (χ0n) is 12.2. The summed E-state index contributed by atoms with van der Waals surface area (Å²) in [6, 6.07) is 0. The van der Waals surface area contributed by atoms with Gasteiger partial charge in [0.1, 0.15) is 5.78 Å². The van der Waals surface area contributed by atoms with Crippen molar-refractivity contribution in [3.05, 3.63) is 0 Å². The highest BCUT2D eigenvalue weighted by molar-refractivity contribution is 5.78. The quantitative estimate of drug-likeness (QED) is 0.491. The van der Waals surface area contributed by atoms with Crippen LogP contribution in [0.15, 0.2) is 0 Å². The van der Waals surface area contributed by atoms with Crippen LogP contribution in [-0.4, -0.2) is 30.6 Å². The van der Waals surface area contributed by atoms with Crippen molar-refractivity contribution in [1.29, 1.82) is 0 Å². The third kappa shape index (κ3) is 15.0. The first kappa shape index (κ1) is 18.1. The van der Waals surface area contributed by atoms with E-state index in [1.54, 1.807) is 7.11 Å². The lowest BCUT2D eigenvalue weighted by molar-refractivity contribution is -0.137. The van der Waals surface area contributed by atoms with Gasteiger partial charge in [-0.25, -0.2) is 0 Å². The Morgan fingerprint density at radius 1 is 0.789 bits per heavy atom. The first-order valence-electron chi connectivity index (χ1n) is 7.39. The molecule has 0 rings (SSSR count). The number of unbranched alkanes of at least 4 members (excludes halogenated alkanes) is 6. The van der Waals surface area contributed by atoms with Crippen molar-refractivity contribution < 1.29 is 19.4 Å². The molecule has 0 aromatic rings. The smallest absolute Gasteiger partial charge is 0.303 e. The minimum absolute atomic E-state index is 0.278. The minimum atomic E-state index is -0.709. The third-order valence-corrected chi connectivity index (χ3v) is 3.15. The van der Waals surface area contributed by atoms with Crippen molar-refractivity contribution in [1.82, 2.24) is 0 Å². The normalized spacial score (nSPS) is 10.6. The summed E-state index contributed by atoms with van der Waals surface area (Å²) >= 11 is 0. The van der Waals surface area contributed by atoms with Crippen LogP contribution in [-0.2, 0) is 14.3 Å². The van der Waals surface area contributed by atoms with Crippen molar-refractivity contribution >= 4 is 11.8 Å². The summed E-state index contributed by atoms with van der Waals surface area (Å²) in [6.07, 6.45) is 9.55. The average molecular weight is 272 g/mol. The summed E-state index contributed by atoms with van der Waals surface area (Å²) < 4.78 is 4.94. The molecule has 4 heteroatoms. The highest BCUT2D eigenvalue weighted by atomic mass is 16.5.